The summed E-state index contributed by atoms with van der Waals surface area (Å²) >= 11 is 1.48. The third-order valence-electron chi connectivity index (χ3n) is 2.93. The van der Waals surface area contributed by atoms with Crippen LogP contribution in [-0.4, -0.2) is 34.9 Å². The molecule has 2 heterocycles. The molecule has 106 valence electrons. The number of pyridine rings is 1. The lowest BCUT2D eigenvalue weighted by atomic mass is 10.2. The Hall–Kier alpha value is -2.02. The fourth-order valence-electron chi connectivity index (χ4n) is 1.75. The van der Waals surface area contributed by atoms with E-state index in [0.717, 1.165) is 10.6 Å². The number of nitrogens with one attached hydrogen (secondary N) is 1. The van der Waals surface area contributed by atoms with E-state index in [1.54, 1.807) is 19.6 Å². The maximum Gasteiger partial charge on any atom is 0.257 e. The highest BCUT2D eigenvalue weighted by molar-refractivity contribution is 7.09. The molecule has 0 atom stereocenters. The number of hydrogen-bond donors (Lipinski definition) is 1. The van der Waals surface area contributed by atoms with Gasteiger partial charge < -0.3 is 10.2 Å². The third-order valence-corrected chi connectivity index (χ3v) is 3.85. The highest BCUT2D eigenvalue weighted by Gasteiger charge is 2.20. The van der Waals surface area contributed by atoms with Crippen molar-refractivity contribution in [3.05, 3.63) is 39.7 Å². The van der Waals surface area contributed by atoms with Crippen molar-refractivity contribution >= 4 is 23.1 Å². The Morgan fingerprint density at radius 2 is 2.25 bits per heavy atom. The van der Waals surface area contributed by atoms with E-state index in [9.17, 15) is 9.18 Å². The summed E-state index contributed by atoms with van der Waals surface area (Å²) in [5, 5.41) is 2.62. The summed E-state index contributed by atoms with van der Waals surface area (Å²) in [4.78, 5) is 22.7. The van der Waals surface area contributed by atoms with Crippen LogP contribution < -0.4 is 5.32 Å². The number of nitrogens with zero attached hydrogens (tertiary/aromatic N) is 3. The first kappa shape index (κ1) is 14.4. The summed E-state index contributed by atoms with van der Waals surface area (Å²) in [5.41, 5.74) is 2.63. The number of carbonyl (C=O) groups is 1. The van der Waals surface area contributed by atoms with E-state index in [1.807, 2.05) is 6.92 Å². The minimum Gasteiger partial charge on any atom is -0.371 e. The van der Waals surface area contributed by atoms with Crippen molar-refractivity contribution in [1.82, 2.24) is 14.9 Å². The van der Waals surface area contributed by atoms with Crippen molar-refractivity contribution in [1.29, 1.82) is 0 Å². The Balaban J connectivity index is 2.21. The molecule has 0 aliphatic heterocycles. The molecule has 1 amide bonds. The normalized spacial score (nSPS) is 10.4. The topological polar surface area (TPSA) is 58.1 Å². The van der Waals surface area contributed by atoms with E-state index in [2.05, 4.69) is 15.3 Å². The van der Waals surface area contributed by atoms with Crippen LogP contribution >= 0.6 is 11.3 Å². The molecule has 0 spiro atoms. The summed E-state index contributed by atoms with van der Waals surface area (Å²) in [5.74, 6) is -0.944. The first-order valence-corrected chi connectivity index (χ1v) is 6.89. The van der Waals surface area contributed by atoms with Gasteiger partial charge in [-0.25, -0.2) is 14.4 Å². The molecule has 0 aliphatic carbocycles. The maximum atomic E-state index is 14.1. The summed E-state index contributed by atoms with van der Waals surface area (Å²) < 4.78 is 14.1. The molecule has 7 heteroatoms. The molecular weight excluding hydrogens is 279 g/mol. The number of rotatable bonds is 4. The number of halogens is 1. The Morgan fingerprint density at radius 1 is 1.50 bits per heavy atom. The molecule has 20 heavy (non-hydrogen) atoms. The van der Waals surface area contributed by atoms with Crippen LogP contribution in [0.3, 0.4) is 0 Å². The van der Waals surface area contributed by atoms with Gasteiger partial charge in [0.05, 0.1) is 23.3 Å². The van der Waals surface area contributed by atoms with E-state index in [0.29, 0.717) is 6.54 Å². The minimum atomic E-state index is -0.632. The number of amides is 1. The molecule has 0 bridgehead atoms. The fraction of sp³-hybridized carbons (Fsp3) is 0.308. The first-order valence-electron chi connectivity index (χ1n) is 6.01. The van der Waals surface area contributed by atoms with Crippen LogP contribution in [0.15, 0.2) is 17.8 Å². The number of thiazole rings is 1. The van der Waals surface area contributed by atoms with Crippen LogP contribution in [0.25, 0.3) is 0 Å². The third kappa shape index (κ3) is 2.77. The van der Waals surface area contributed by atoms with E-state index in [4.69, 9.17) is 0 Å². The zero-order valence-electron chi connectivity index (χ0n) is 11.5. The van der Waals surface area contributed by atoms with E-state index in [1.165, 1.54) is 28.5 Å². The standard InChI is InChI=1S/C13H15FN4OS/c1-8-10(20-7-17-8)6-18(3)13(19)9-4-5-16-12(15-2)11(9)14/h4-5,7H,6H2,1-3H3,(H,15,16). The second-order valence-electron chi connectivity index (χ2n) is 4.29. The van der Waals surface area contributed by atoms with Crippen molar-refractivity contribution in [2.24, 2.45) is 0 Å². The predicted molar refractivity (Wildman–Crippen MR) is 76.4 cm³/mol. The Morgan fingerprint density at radius 3 is 2.85 bits per heavy atom. The van der Waals surface area contributed by atoms with Gasteiger partial charge in [-0.1, -0.05) is 0 Å². The number of aryl methyl sites for hydroxylation is 1. The lowest BCUT2D eigenvalue weighted by Gasteiger charge is -2.17. The van der Waals surface area contributed by atoms with Gasteiger partial charge in [0.1, 0.15) is 0 Å². The molecule has 0 aromatic carbocycles. The smallest absolute Gasteiger partial charge is 0.257 e. The van der Waals surface area contributed by atoms with E-state index >= 15 is 0 Å². The lowest BCUT2D eigenvalue weighted by Crippen LogP contribution is -2.27. The van der Waals surface area contributed by atoms with Crippen LogP contribution in [0, 0.1) is 12.7 Å². The Kier molecular flexibility index (Phi) is 4.29. The van der Waals surface area contributed by atoms with Crippen LogP contribution in [-0.2, 0) is 6.54 Å². The monoisotopic (exact) mass is 294 g/mol. The largest absolute Gasteiger partial charge is 0.371 e. The van der Waals surface area contributed by atoms with Crippen molar-refractivity contribution in [3.63, 3.8) is 0 Å². The zero-order chi connectivity index (χ0) is 14.7. The van der Waals surface area contributed by atoms with Gasteiger partial charge in [0.15, 0.2) is 11.6 Å². The van der Waals surface area contributed by atoms with Gasteiger partial charge in [0.2, 0.25) is 0 Å². The molecule has 2 aromatic rings. The predicted octanol–water partition coefficient (Wildman–Crippen LogP) is 2.30. The first-order chi connectivity index (χ1) is 9.54. The molecule has 0 radical (unpaired) electrons. The quantitative estimate of drug-likeness (QED) is 0.940. The van der Waals surface area contributed by atoms with E-state index < -0.39 is 5.82 Å². The number of hydrogen-bond acceptors (Lipinski definition) is 5. The van der Waals surface area contributed by atoms with Crippen molar-refractivity contribution in [2.45, 2.75) is 13.5 Å². The van der Waals surface area contributed by atoms with Gasteiger partial charge in [-0.15, -0.1) is 11.3 Å². The molecule has 5 nitrogen and oxygen atoms in total. The average molecular weight is 294 g/mol. The maximum absolute atomic E-state index is 14.1. The number of anilines is 1. The molecule has 1 N–H and O–H groups in total. The Bertz CT molecular complexity index is 629. The second kappa shape index (κ2) is 5.96. The molecule has 0 saturated carbocycles. The van der Waals surface area contributed by atoms with Gasteiger partial charge in [-0.05, 0) is 13.0 Å². The number of carbonyl (C=O) groups excluding carboxylic acids is 1. The minimum absolute atomic E-state index is 0.00835. The fourth-order valence-corrected chi connectivity index (χ4v) is 2.58. The zero-order valence-corrected chi connectivity index (χ0v) is 12.3. The van der Waals surface area contributed by atoms with Gasteiger partial charge in [0.25, 0.3) is 5.91 Å². The molecule has 0 aliphatic rings. The molecule has 0 fully saturated rings. The molecule has 0 unspecified atom stereocenters. The summed E-state index contributed by atoms with van der Waals surface area (Å²) in [6.07, 6.45) is 1.41. The van der Waals surface area contributed by atoms with Crippen molar-refractivity contribution in [3.8, 4) is 0 Å². The van der Waals surface area contributed by atoms with Gasteiger partial charge >= 0.3 is 0 Å². The molecule has 2 rings (SSSR count). The summed E-state index contributed by atoms with van der Waals surface area (Å²) in [7, 11) is 3.20. The van der Waals surface area contributed by atoms with Crippen LogP contribution in [0.1, 0.15) is 20.9 Å². The van der Waals surface area contributed by atoms with Crippen LogP contribution in [0.4, 0.5) is 10.2 Å². The highest BCUT2D eigenvalue weighted by atomic mass is 32.1. The van der Waals surface area contributed by atoms with E-state index in [-0.39, 0.29) is 17.3 Å². The van der Waals surface area contributed by atoms with Crippen LogP contribution in [0.5, 0.6) is 0 Å². The molecule has 0 saturated heterocycles. The average Bonchev–Trinajstić information content (AvgIpc) is 2.84. The lowest BCUT2D eigenvalue weighted by molar-refractivity contribution is 0.0781. The molecule has 2 aromatic heterocycles. The van der Waals surface area contributed by atoms with Crippen LogP contribution in [0.2, 0.25) is 0 Å². The number of aromatic nitrogens is 2. The van der Waals surface area contributed by atoms with Gasteiger partial charge in [-0.2, -0.15) is 0 Å². The van der Waals surface area contributed by atoms with Crippen molar-refractivity contribution < 1.29 is 9.18 Å². The van der Waals surface area contributed by atoms with Gasteiger partial charge in [0, 0.05) is 25.2 Å². The highest BCUT2D eigenvalue weighted by Crippen LogP contribution is 2.19. The van der Waals surface area contributed by atoms with Crippen molar-refractivity contribution in [2.75, 3.05) is 19.4 Å². The summed E-state index contributed by atoms with van der Waals surface area (Å²) in [6, 6.07) is 1.38. The second-order valence-corrected chi connectivity index (χ2v) is 5.23. The summed E-state index contributed by atoms with van der Waals surface area (Å²) in [6.45, 7) is 2.29. The SMILES string of the molecule is CNc1nccc(C(=O)N(C)Cc2scnc2C)c1F. The Labute approximate surface area is 120 Å². The molecular formula is C13H15FN4OS. The van der Waals surface area contributed by atoms with Gasteiger partial charge in [-0.3, -0.25) is 4.79 Å².